The summed E-state index contributed by atoms with van der Waals surface area (Å²) in [5.74, 6) is 1.36. The van der Waals surface area contributed by atoms with Crippen LogP contribution in [0.1, 0.15) is 23.5 Å². The fraction of sp³-hybridized carbons (Fsp3) is 0.250. The molecule has 0 amide bonds. The highest BCUT2D eigenvalue weighted by Crippen LogP contribution is 2.54. The topological polar surface area (TPSA) is 17.1 Å². The first-order valence-corrected chi connectivity index (χ1v) is 4.66. The fourth-order valence-electron chi connectivity index (χ4n) is 2.26. The van der Waals surface area contributed by atoms with Crippen LogP contribution in [0.25, 0.3) is 5.57 Å². The van der Waals surface area contributed by atoms with Crippen LogP contribution in [0.3, 0.4) is 0 Å². The van der Waals surface area contributed by atoms with Gasteiger partial charge in [0.05, 0.1) is 0 Å². The molecule has 1 nitrogen and oxygen atoms in total. The van der Waals surface area contributed by atoms with Gasteiger partial charge in [-0.1, -0.05) is 30.3 Å². The van der Waals surface area contributed by atoms with E-state index in [-0.39, 0.29) is 0 Å². The normalized spacial score (nSPS) is 28.5. The van der Waals surface area contributed by atoms with E-state index in [9.17, 15) is 4.79 Å². The van der Waals surface area contributed by atoms with E-state index in [0.29, 0.717) is 11.8 Å². The van der Waals surface area contributed by atoms with Crippen LogP contribution in [0.15, 0.2) is 30.3 Å². The zero-order valence-corrected chi connectivity index (χ0v) is 7.23. The second kappa shape index (κ2) is 2.32. The van der Waals surface area contributed by atoms with Crippen molar-refractivity contribution in [1.29, 1.82) is 0 Å². The monoisotopic (exact) mass is 170 g/mol. The average molecular weight is 170 g/mol. The summed E-state index contributed by atoms with van der Waals surface area (Å²) in [5.41, 5.74) is 3.41. The van der Waals surface area contributed by atoms with Gasteiger partial charge in [-0.05, 0) is 29.4 Å². The molecule has 0 bridgehead atoms. The molecule has 0 aromatic heterocycles. The van der Waals surface area contributed by atoms with Crippen LogP contribution in [0.2, 0.25) is 0 Å². The lowest BCUT2D eigenvalue weighted by molar-refractivity contribution is -0.103. The summed E-state index contributed by atoms with van der Waals surface area (Å²) >= 11 is 0. The second-order valence-corrected chi connectivity index (χ2v) is 3.83. The molecule has 0 N–H and O–H groups in total. The van der Waals surface area contributed by atoms with Gasteiger partial charge in [-0.3, -0.25) is 4.79 Å². The minimum atomic E-state index is 0.648. The molecular weight excluding hydrogens is 160 g/mol. The summed E-state index contributed by atoms with van der Waals surface area (Å²) in [6.07, 6.45) is 4.34. The van der Waals surface area contributed by atoms with E-state index in [0.717, 1.165) is 17.4 Å². The average Bonchev–Trinajstić information content (AvgIpc) is 2.95. The highest BCUT2D eigenvalue weighted by Gasteiger charge is 2.41. The third kappa shape index (κ3) is 0.902. The number of carbonyl (C=O) groups is 1. The van der Waals surface area contributed by atoms with E-state index in [2.05, 4.69) is 18.2 Å². The molecule has 64 valence electrons. The summed E-state index contributed by atoms with van der Waals surface area (Å²) in [7, 11) is 0. The number of hydrogen-bond acceptors (Lipinski definition) is 1. The van der Waals surface area contributed by atoms with E-state index in [1.807, 2.05) is 12.1 Å². The number of hydrogen-bond donors (Lipinski definition) is 0. The van der Waals surface area contributed by atoms with Crippen LogP contribution in [0.5, 0.6) is 0 Å². The van der Waals surface area contributed by atoms with E-state index >= 15 is 0 Å². The number of fused-ring (bicyclic) bond motifs is 3. The first-order chi connectivity index (χ1) is 6.40. The van der Waals surface area contributed by atoms with Crippen LogP contribution >= 0.6 is 0 Å². The van der Waals surface area contributed by atoms with E-state index in [4.69, 9.17) is 0 Å². The zero-order chi connectivity index (χ0) is 8.84. The van der Waals surface area contributed by atoms with Crippen molar-refractivity contribution in [2.45, 2.75) is 12.3 Å². The first-order valence-electron chi connectivity index (χ1n) is 4.66. The minimum Gasteiger partial charge on any atom is -0.298 e. The molecular formula is C12H10O. The summed E-state index contributed by atoms with van der Waals surface area (Å²) in [6, 6.07) is 8.25. The third-order valence-electron chi connectivity index (χ3n) is 3.03. The van der Waals surface area contributed by atoms with Crippen molar-refractivity contribution in [3.8, 4) is 0 Å². The highest BCUT2D eigenvalue weighted by atomic mass is 16.1. The summed E-state index contributed by atoms with van der Waals surface area (Å²) in [6.45, 7) is 0. The molecule has 0 spiro atoms. The molecule has 1 heteroatoms. The maximum atomic E-state index is 10.8. The molecule has 2 aliphatic carbocycles. The van der Waals surface area contributed by atoms with Crippen LogP contribution in [-0.2, 0) is 4.79 Å². The Labute approximate surface area is 77.1 Å². The SMILES string of the molecule is O=CC1=C[C@H]2C[C@H]2c2ccccc21. The van der Waals surface area contributed by atoms with Crippen molar-refractivity contribution in [2.75, 3.05) is 0 Å². The maximum Gasteiger partial charge on any atom is 0.150 e. The number of allylic oxidation sites excluding steroid dienone is 2. The van der Waals surface area contributed by atoms with Crippen LogP contribution in [-0.4, -0.2) is 6.29 Å². The van der Waals surface area contributed by atoms with Crippen molar-refractivity contribution < 1.29 is 4.79 Å². The minimum absolute atomic E-state index is 0.648. The molecule has 1 fully saturated rings. The molecule has 0 unspecified atom stereocenters. The predicted molar refractivity (Wildman–Crippen MR) is 51.3 cm³/mol. The van der Waals surface area contributed by atoms with Crippen molar-refractivity contribution in [2.24, 2.45) is 5.92 Å². The van der Waals surface area contributed by atoms with Gasteiger partial charge in [0.2, 0.25) is 0 Å². The number of carbonyl (C=O) groups excluding carboxylic acids is 1. The van der Waals surface area contributed by atoms with Gasteiger partial charge in [-0.2, -0.15) is 0 Å². The maximum absolute atomic E-state index is 10.8. The Morgan fingerprint density at radius 2 is 2.15 bits per heavy atom. The van der Waals surface area contributed by atoms with Gasteiger partial charge in [-0.25, -0.2) is 0 Å². The van der Waals surface area contributed by atoms with Crippen molar-refractivity contribution in [3.05, 3.63) is 41.5 Å². The fourth-order valence-corrected chi connectivity index (χ4v) is 2.26. The third-order valence-corrected chi connectivity index (χ3v) is 3.03. The lowest BCUT2D eigenvalue weighted by Gasteiger charge is -2.12. The van der Waals surface area contributed by atoms with Gasteiger partial charge in [0.15, 0.2) is 0 Å². The van der Waals surface area contributed by atoms with Gasteiger partial charge in [-0.15, -0.1) is 0 Å². The van der Waals surface area contributed by atoms with Crippen LogP contribution < -0.4 is 0 Å². The Hall–Kier alpha value is -1.37. The molecule has 0 heterocycles. The van der Waals surface area contributed by atoms with Crippen LogP contribution in [0, 0.1) is 5.92 Å². The Kier molecular flexibility index (Phi) is 1.26. The molecule has 2 atom stereocenters. The molecule has 1 saturated carbocycles. The largest absolute Gasteiger partial charge is 0.298 e. The zero-order valence-electron chi connectivity index (χ0n) is 7.23. The molecule has 2 aliphatic rings. The Bertz CT molecular complexity index is 403. The number of benzene rings is 1. The van der Waals surface area contributed by atoms with E-state index < -0.39 is 0 Å². The Balaban J connectivity index is 2.23. The quantitative estimate of drug-likeness (QED) is 0.591. The van der Waals surface area contributed by atoms with Gasteiger partial charge in [0, 0.05) is 5.57 Å². The molecule has 0 saturated heterocycles. The van der Waals surface area contributed by atoms with E-state index in [1.165, 1.54) is 12.0 Å². The Morgan fingerprint density at radius 3 is 3.00 bits per heavy atom. The van der Waals surface area contributed by atoms with E-state index in [1.54, 1.807) is 0 Å². The number of aldehydes is 1. The molecule has 3 rings (SSSR count). The van der Waals surface area contributed by atoms with Crippen molar-refractivity contribution in [1.82, 2.24) is 0 Å². The molecule has 13 heavy (non-hydrogen) atoms. The predicted octanol–water partition coefficient (Wildman–Crippen LogP) is 2.39. The van der Waals surface area contributed by atoms with Crippen LogP contribution in [0.4, 0.5) is 0 Å². The molecule has 1 aromatic rings. The molecule has 0 aliphatic heterocycles. The Morgan fingerprint density at radius 1 is 1.31 bits per heavy atom. The van der Waals surface area contributed by atoms with Gasteiger partial charge in [0.25, 0.3) is 0 Å². The highest BCUT2D eigenvalue weighted by molar-refractivity contribution is 6.08. The van der Waals surface area contributed by atoms with Crippen molar-refractivity contribution >= 4 is 11.9 Å². The standard InChI is InChI=1S/C12H10O/c13-7-9-5-8-6-12(8)11-4-2-1-3-10(9)11/h1-5,7-8,12H,6H2/t8-,12+/m0/s1. The molecule has 0 radical (unpaired) electrons. The first kappa shape index (κ1) is 7.07. The smallest absolute Gasteiger partial charge is 0.150 e. The van der Waals surface area contributed by atoms with Crippen molar-refractivity contribution in [3.63, 3.8) is 0 Å². The summed E-state index contributed by atoms with van der Waals surface area (Å²) < 4.78 is 0. The summed E-state index contributed by atoms with van der Waals surface area (Å²) in [5, 5.41) is 0. The lowest BCUT2D eigenvalue weighted by Crippen LogP contribution is -1.98. The number of rotatable bonds is 1. The van der Waals surface area contributed by atoms with Gasteiger partial charge in [0.1, 0.15) is 6.29 Å². The second-order valence-electron chi connectivity index (χ2n) is 3.83. The van der Waals surface area contributed by atoms with Gasteiger partial charge >= 0.3 is 0 Å². The summed E-state index contributed by atoms with van der Waals surface area (Å²) in [4.78, 5) is 10.8. The lowest BCUT2D eigenvalue weighted by atomic mass is 9.91. The van der Waals surface area contributed by atoms with Gasteiger partial charge < -0.3 is 0 Å². The molecule has 1 aromatic carbocycles.